The Morgan fingerprint density at radius 1 is 0.889 bits per heavy atom. The second-order valence-electron chi connectivity index (χ2n) is 8.83. The van der Waals surface area contributed by atoms with Crippen molar-refractivity contribution < 1.29 is 14.8 Å². The van der Waals surface area contributed by atoms with E-state index in [0.717, 1.165) is 18.4 Å². The highest BCUT2D eigenvalue weighted by Crippen LogP contribution is 2.46. The number of carbonyl (C=O) groups excluding carboxylic acids is 2. The molecular formula is C23H27NO3. The Balaban J connectivity index is 2.05. The summed E-state index contributed by atoms with van der Waals surface area (Å²) in [4.78, 5) is 24.6. The molecule has 1 aliphatic rings. The lowest BCUT2D eigenvalue weighted by Crippen LogP contribution is -2.34. The Labute approximate surface area is 160 Å². The van der Waals surface area contributed by atoms with Crippen LogP contribution < -0.4 is 5.48 Å². The molecule has 0 radical (unpaired) electrons. The monoisotopic (exact) mass is 365 g/mol. The lowest BCUT2D eigenvalue weighted by Gasteiger charge is -2.42. The minimum atomic E-state index is -0.594. The number of hydrogen-bond acceptors (Lipinski definition) is 3. The predicted molar refractivity (Wildman–Crippen MR) is 106 cm³/mol. The largest absolute Gasteiger partial charge is 0.289 e. The molecule has 0 fully saturated rings. The highest BCUT2D eigenvalue weighted by Gasteiger charge is 2.37. The number of amides is 1. The minimum Gasteiger partial charge on any atom is -0.289 e. The van der Waals surface area contributed by atoms with E-state index in [9.17, 15) is 9.59 Å². The van der Waals surface area contributed by atoms with Crippen molar-refractivity contribution in [3.8, 4) is 0 Å². The van der Waals surface area contributed by atoms with Crippen LogP contribution in [-0.4, -0.2) is 16.9 Å². The molecule has 0 unspecified atom stereocenters. The molecule has 1 aliphatic carbocycles. The zero-order chi connectivity index (χ0) is 20.0. The summed E-state index contributed by atoms with van der Waals surface area (Å²) in [6, 6.07) is 10.6. The van der Waals surface area contributed by atoms with Crippen LogP contribution in [0.25, 0.3) is 0 Å². The molecule has 27 heavy (non-hydrogen) atoms. The van der Waals surface area contributed by atoms with Crippen LogP contribution >= 0.6 is 0 Å². The minimum absolute atomic E-state index is 0.0383. The maximum atomic E-state index is 13.1. The van der Waals surface area contributed by atoms with Crippen LogP contribution in [-0.2, 0) is 10.8 Å². The first-order valence-corrected chi connectivity index (χ1v) is 9.32. The van der Waals surface area contributed by atoms with Gasteiger partial charge in [0.15, 0.2) is 5.78 Å². The molecule has 0 heterocycles. The van der Waals surface area contributed by atoms with Gasteiger partial charge in [0, 0.05) is 16.7 Å². The van der Waals surface area contributed by atoms with Gasteiger partial charge in [0.2, 0.25) is 0 Å². The predicted octanol–water partition coefficient (Wildman–Crippen LogP) is 4.69. The van der Waals surface area contributed by atoms with Crippen LogP contribution in [0.4, 0.5) is 0 Å². The van der Waals surface area contributed by atoms with E-state index in [0.29, 0.717) is 16.7 Å². The summed E-state index contributed by atoms with van der Waals surface area (Å²) in [7, 11) is 0. The molecule has 4 heteroatoms. The van der Waals surface area contributed by atoms with Crippen LogP contribution in [0.3, 0.4) is 0 Å². The van der Waals surface area contributed by atoms with Gasteiger partial charge in [-0.1, -0.05) is 45.9 Å². The number of aryl methyl sites for hydroxylation is 1. The van der Waals surface area contributed by atoms with Crippen molar-refractivity contribution in [2.45, 2.75) is 58.3 Å². The molecule has 0 spiro atoms. The first kappa shape index (κ1) is 19.3. The van der Waals surface area contributed by atoms with Crippen molar-refractivity contribution in [2.75, 3.05) is 0 Å². The van der Waals surface area contributed by atoms with E-state index >= 15 is 0 Å². The topological polar surface area (TPSA) is 66.4 Å². The maximum Gasteiger partial charge on any atom is 0.274 e. The standard InChI is InChI=1S/C23H27NO3/c1-14-12-18-19(23(4,5)11-10-22(18,2)3)13-17(14)20(25)15-6-8-16(9-7-15)21(26)24-27/h6-9,12-13,27H,10-11H2,1-5H3,(H,24,26). The van der Waals surface area contributed by atoms with E-state index in [1.165, 1.54) is 11.1 Å². The number of carbonyl (C=O) groups is 2. The van der Waals surface area contributed by atoms with E-state index in [1.807, 2.05) is 6.92 Å². The zero-order valence-corrected chi connectivity index (χ0v) is 16.6. The number of rotatable bonds is 3. The van der Waals surface area contributed by atoms with Crippen LogP contribution in [0, 0.1) is 6.92 Å². The van der Waals surface area contributed by atoms with Crippen molar-refractivity contribution in [2.24, 2.45) is 0 Å². The second-order valence-corrected chi connectivity index (χ2v) is 8.83. The second kappa shape index (κ2) is 6.61. The summed E-state index contributed by atoms with van der Waals surface area (Å²) in [5.41, 5.74) is 6.85. The molecule has 0 saturated heterocycles. The van der Waals surface area contributed by atoms with Gasteiger partial charge in [-0.3, -0.25) is 14.8 Å². The van der Waals surface area contributed by atoms with Gasteiger partial charge in [-0.15, -0.1) is 0 Å². The van der Waals surface area contributed by atoms with Gasteiger partial charge < -0.3 is 0 Å². The average molecular weight is 365 g/mol. The Bertz CT molecular complexity index is 908. The van der Waals surface area contributed by atoms with Crippen molar-refractivity contribution in [3.05, 3.63) is 69.8 Å². The summed E-state index contributed by atoms with van der Waals surface area (Å²) >= 11 is 0. The molecule has 3 rings (SSSR count). The molecule has 142 valence electrons. The fraction of sp³-hybridized carbons (Fsp3) is 0.391. The smallest absolute Gasteiger partial charge is 0.274 e. The van der Waals surface area contributed by atoms with Crippen LogP contribution in [0.1, 0.15) is 83.5 Å². The summed E-state index contributed by atoms with van der Waals surface area (Å²) in [5.74, 6) is -0.645. The number of ketones is 1. The van der Waals surface area contributed by atoms with E-state index in [2.05, 4.69) is 39.8 Å². The van der Waals surface area contributed by atoms with Gasteiger partial charge in [-0.25, -0.2) is 5.48 Å². The van der Waals surface area contributed by atoms with Crippen LogP contribution in [0.2, 0.25) is 0 Å². The number of nitrogens with one attached hydrogen (secondary N) is 1. The van der Waals surface area contributed by atoms with Crippen molar-refractivity contribution in [1.82, 2.24) is 5.48 Å². The fourth-order valence-corrected chi connectivity index (χ4v) is 3.96. The molecular weight excluding hydrogens is 338 g/mol. The highest BCUT2D eigenvalue weighted by atomic mass is 16.5. The summed E-state index contributed by atoms with van der Waals surface area (Å²) in [6.45, 7) is 11.0. The molecule has 2 aromatic rings. The number of hydrogen-bond donors (Lipinski definition) is 2. The van der Waals surface area contributed by atoms with E-state index in [4.69, 9.17) is 5.21 Å². The molecule has 2 N–H and O–H groups in total. The van der Waals surface area contributed by atoms with Crippen molar-refractivity contribution in [3.63, 3.8) is 0 Å². The van der Waals surface area contributed by atoms with Gasteiger partial charge in [0.05, 0.1) is 0 Å². The fourth-order valence-electron chi connectivity index (χ4n) is 3.96. The van der Waals surface area contributed by atoms with Crippen LogP contribution in [0.5, 0.6) is 0 Å². The number of fused-ring (bicyclic) bond motifs is 1. The number of hydroxylamine groups is 1. The van der Waals surface area contributed by atoms with Crippen LogP contribution in [0.15, 0.2) is 36.4 Å². The van der Waals surface area contributed by atoms with Gasteiger partial charge in [0.1, 0.15) is 0 Å². The third-order valence-corrected chi connectivity index (χ3v) is 5.95. The third kappa shape index (κ3) is 3.42. The molecule has 0 atom stereocenters. The van der Waals surface area contributed by atoms with Gasteiger partial charge in [-0.05, 0) is 65.5 Å². The highest BCUT2D eigenvalue weighted by molar-refractivity contribution is 6.10. The molecule has 0 saturated carbocycles. The van der Waals surface area contributed by atoms with Gasteiger partial charge in [0.25, 0.3) is 5.91 Å². The molecule has 0 aromatic heterocycles. The first-order chi connectivity index (χ1) is 12.6. The number of benzene rings is 2. The van der Waals surface area contributed by atoms with E-state index < -0.39 is 5.91 Å². The van der Waals surface area contributed by atoms with Crippen molar-refractivity contribution in [1.29, 1.82) is 0 Å². The Hall–Kier alpha value is -2.46. The molecule has 2 aromatic carbocycles. The molecule has 0 bridgehead atoms. The Kier molecular flexibility index (Phi) is 4.73. The lowest BCUT2D eigenvalue weighted by atomic mass is 9.62. The summed E-state index contributed by atoms with van der Waals surface area (Å²) in [5, 5.41) is 8.72. The zero-order valence-electron chi connectivity index (χ0n) is 16.6. The maximum absolute atomic E-state index is 13.1. The Morgan fingerprint density at radius 3 is 1.89 bits per heavy atom. The quantitative estimate of drug-likeness (QED) is 0.471. The van der Waals surface area contributed by atoms with Gasteiger partial charge in [-0.2, -0.15) is 0 Å². The molecule has 4 nitrogen and oxygen atoms in total. The van der Waals surface area contributed by atoms with Gasteiger partial charge >= 0.3 is 0 Å². The third-order valence-electron chi connectivity index (χ3n) is 5.95. The summed E-state index contributed by atoms with van der Waals surface area (Å²) in [6.07, 6.45) is 2.22. The van der Waals surface area contributed by atoms with Crippen molar-refractivity contribution >= 4 is 11.7 Å². The van der Waals surface area contributed by atoms with E-state index in [1.54, 1.807) is 29.7 Å². The Morgan fingerprint density at radius 2 is 1.37 bits per heavy atom. The average Bonchev–Trinajstić information content (AvgIpc) is 2.64. The lowest BCUT2D eigenvalue weighted by molar-refractivity contribution is 0.0706. The molecule has 1 amide bonds. The SMILES string of the molecule is Cc1cc2c(cc1C(=O)c1ccc(C(=O)NO)cc1)C(C)(C)CCC2(C)C. The summed E-state index contributed by atoms with van der Waals surface area (Å²) < 4.78 is 0. The van der Waals surface area contributed by atoms with E-state index in [-0.39, 0.29) is 16.6 Å². The first-order valence-electron chi connectivity index (χ1n) is 9.32. The molecule has 0 aliphatic heterocycles. The normalized spacial score (nSPS) is 17.1.